The first-order valence-corrected chi connectivity index (χ1v) is 17.1. The monoisotopic (exact) mass is 700 g/mol. The molecular formula is C40H36N4O8. The average Bonchev–Trinajstić information content (AvgIpc) is 3.51. The van der Waals surface area contributed by atoms with Gasteiger partial charge in [0.05, 0.1) is 16.1 Å². The number of hydrogen-bond acceptors (Lipinski definition) is 10. The number of carbonyl (C=O) groups is 4. The molecule has 4 aromatic carbocycles. The molecule has 12 nitrogen and oxygen atoms in total. The van der Waals surface area contributed by atoms with Crippen LogP contribution >= 0.6 is 0 Å². The number of non-ortho nitro benzene ring substituents is 1. The molecular weight excluding hydrogens is 664 g/mol. The molecule has 1 heterocycles. The van der Waals surface area contributed by atoms with Gasteiger partial charge in [0, 0.05) is 40.0 Å². The summed E-state index contributed by atoms with van der Waals surface area (Å²) in [5.41, 5.74) is 1.23. The maximum atomic E-state index is 14.1. The van der Waals surface area contributed by atoms with Crippen molar-refractivity contribution < 1.29 is 33.8 Å². The number of nitro groups is 1. The van der Waals surface area contributed by atoms with Gasteiger partial charge in [0.2, 0.25) is 11.6 Å². The lowest BCUT2D eigenvalue weighted by Gasteiger charge is -2.21. The minimum absolute atomic E-state index is 0.0459. The van der Waals surface area contributed by atoms with Crippen molar-refractivity contribution in [1.82, 2.24) is 4.57 Å². The van der Waals surface area contributed by atoms with E-state index in [9.17, 15) is 29.3 Å². The zero-order valence-electron chi connectivity index (χ0n) is 28.7. The van der Waals surface area contributed by atoms with Crippen LogP contribution in [-0.2, 0) is 16.2 Å². The molecule has 0 aliphatic heterocycles. The normalized spacial score (nSPS) is 14.0. The number of Topliss-reactive ketones (excluding diaryl/α,β-unsaturated/α-hetero) is 2. The Morgan fingerprint density at radius 1 is 0.750 bits per heavy atom. The number of aryl methyl sites for hydroxylation is 1. The molecule has 6 rings (SSSR count). The van der Waals surface area contributed by atoms with Crippen molar-refractivity contribution in [3.63, 3.8) is 0 Å². The Balaban J connectivity index is 1.39. The summed E-state index contributed by atoms with van der Waals surface area (Å²) in [6.45, 7) is 3.55. The van der Waals surface area contributed by atoms with E-state index in [1.807, 2.05) is 6.92 Å². The van der Waals surface area contributed by atoms with Crippen LogP contribution in [0.5, 0.6) is 0 Å². The third kappa shape index (κ3) is 7.55. The highest BCUT2D eigenvalue weighted by atomic mass is 16.7. The number of nitro benzene ring substituents is 1. The molecule has 0 atom stereocenters. The van der Waals surface area contributed by atoms with E-state index in [2.05, 4.69) is 10.3 Å². The lowest BCUT2D eigenvalue weighted by atomic mass is 9.84. The molecule has 12 heteroatoms. The predicted octanol–water partition coefficient (Wildman–Crippen LogP) is 8.50. The molecule has 264 valence electrons. The fraction of sp³-hybridized carbons (Fsp3) is 0.250. The van der Waals surface area contributed by atoms with Gasteiger partial charge >= 0.3 is 11.9 Å². The minimum atomic E-state index is -0.765. The molecule has 1 saturated carbocycles. The van der Waals surface area contributed by atoms with Crippen molar-refractivity contribution in [2.75, 3.05) is 0 Å². The predicted molar refractivity (Wildman–Crippen MR) is 196 cm³/mol. The van der Waals surface area contributed by atoms with Crippen molar-refractivity contribution >= 4 is 62.4 Å². The Kier molecular flexibility index (Phi) is 10.7. The van der Waals surface area contributed by atoms with Crippen molar-refractivity contribution in [2.24, 2.45) is 16.2 Å². The van der Waals surface area contributed by atoms with E-state index in [4.69, 9.17) is 9.68 Å². The van der Waals surface area contributed by atoms with Crippen LogP contribution in [0.3, 0.4) is 0 Å². The molecule has 1 aromatic heterocycles. The van der Waals surface area contributed by atoms with E-state index in [0.717, 1.165) is 32.1 Å². The van der Waals surface area contributed by atoms with Crippen LogP contribution < -0.4 is 0 Å². The molecule has 0 N–H and O–H groups in total. The van der Waals surface area contributed by atoms with Crippen LogP contribution in [0.4, 0.5) is 5.69 Å². The van der Waals surface area contributed by atoms with Crippen LogP contribution in [-0.4, -0.2) is 44.4 Å². The Labute approximate surface area is 298 Å². The number of fused-ring (bicyclic) bond motifs is 3. The van der Waals surface area contributed by atoms with Gasteiger partial charge in [-0.25, -0.2) is 9.59 Å². The minimum Gasteiger partial charge on any atom is -0.335 e. The molecule has 52 heavy (non-hydrogen) atoms. The van der Waals surface area contributed by atoms with Gasteiger partial charge in [-0.15, -0.1) is 0 Å². The number of carbonyl (C=O) groups excluding carboxylic acids is 4. The zero-order valence-corrected chi connectivity index (χ0v) is 28.7. The topological polar surface area (TPSA) is 160 Å². The van der Waals surface area contributed by atoms with E-state index < -0.39 is 28.4 Å². The highest BCUT2D eigenvalue weighted by Gasteiger charge is 2.27. The standard InChI is InChI=1S/C40H36N4O8/c1-3-43-34-20-19-29(38(46)33(21-26-13-7-4-8-14-26)42-52-40(48)28-17-11-6-12-18-28)22-31(34)32-23-30(24-35(36(32)43)44(49)50)37(45)25(2)41-51-39(47)27-15-9-5-10-16-27/h5-6,9-12,15-20,22-24,26H,3-4,7-8,13-14,21H2,1-2H3/b41-25+,42-33+. The third-order valence-electron chi connectivity index (χ3n) is 9.30. The van der Waals surface area contributed by atoms with Gasteiger partial charge in [-0.2, -0.15) is 0 Å². The smallest absolute Gasteiger partial charge is 0.335 e. The second-order valence-electron chi connectivity index (χ2n) is 12.7. The molecule has 0 amide bonds. The van der Waals surface area contributed by atoms with Crippen molar-refractivity contribution in [1.29, 1.82) is 0 Å². The fourth-order valence-corrected chi connectivity index (χ4v) is 6.67. The van der Waals surface area contributed by atoms with Crippen LogP contribution in [0.25, 0.3) is 21.8 Å². The number of nitrogens with zero attached hydrogens (tertiary/aromatic N) is 4. The molecule has 0 unspecified atom stereocenters. The number of hydrogen-bond donors (Lipinski definition) is 0. The number of rotatable bonds is 12. The van der Waals surface area contributed by atoms with Gasteiger partial charge in [-0.1, -0.05) is 78.8 Å². The van der Waals surface area contributed by atoms with E-state index in [1.54, 1.807) is 71.3 Å². The van der Waals surface area contributed by atoms with Crippen LogP contribution in [0.2, 0.25) is 0 Å². The summed E-state index contributed by atoms with van der Waals surface area (Å²) in [6, 6.07) is 24.2. The van der Waals surface area contributed by atoms with Crippen molar-refractivity contribution in [3.8, 4) is 0 Å². The third-order valence-corrected chi connectivity index (χ3v) is 9.30. The first-order chi connectivity index (χ1) is 25.2. The second kappa shape index (κ2) is 15.7. The number of oxime groups is 2. The molecule has 0 saturated heterocycles. The highest BCUT2D eigenvalue weighted by Crippen LogP contribution is 2.37. The number of benzene rings is 4. The zero-order chi connectivity index (χ0) is 36.8. The molecule has 1 aliphatic rings. The molecule has 0 radical (unpaired) electrons. The summed E-state index contributed by atoms with van der Waals surface area (Å²) in [6.07, 6.45) is 5.38. The second-order valence-corrected chi connectivity index (χ2v) is 12.7. The van der Waals surface area contributed by atoms with E-state index in [-0.39, 0.29) is 45.2 Å². The molecule has 0 spiro atoms. The molecule has 5 aromatic rings. The summed E-state index contributed by atoms with van der Waals surface area (Å²) in [7, 11) is 0. The Hall–Kier alpha value is -6.30. The fourth-order valence-electron chi connectivity index (χ4n) is 6.67. The summed E-state index contributed by atoms with van der Waals surface area (Å²) in [5, 5.41) is 21.1. The van der Waals surface area contributed by atoms with Crippen LogP contribution in [0, 0.1) is 16.0 Å². The van der Waals surface area contributed by atoms with Crippen LogP contribution in [0.1, 0.15) is 93.8 Å². The highest BCUT2D eigenvalue weighted by molar-refractivity contribution is 6.47. The van der Waals surface area contributed by atoms with E-state index >= 15 is 0 Å². The number of ketones is 2. The maximum Gasteiger partial charge on any atom is 0.365 e. The van der Waals surface area contributed by atoms with Gasteiger partial charge in [0.15, 0.2) is 0 Å². The average molecular weight is 701 g/mol. The summed E-state index contributed by atoms with van der Waals surface area (Å²) >= 11 is 0. The van der Waals surface area contributed by atoms with Crippen molar-refractivity contribution in [3.05, 3.63) is 123 Å². The van der Waals surface area contributed by atoms with E-state index in [1.165, 1.54) is 31.2 Å². The molecule has 1 fully saturated rings. The summed E-state index contributed by atoms with van der Waals surface area (Å²) in [5.74, 6) is -2.37. The van der Waals surface area contributed by atoms with Crippen LogP contribution in [0.15, 0.2) is 101 Å². The lowest BCUT2D eigenvalue weighted by Crippen LogP contribution is -2.21. The maximum absolute atomic E-state index is 14.1. The molecule has 0 bridgehead atoms. The first kappa shape index (κ1) is 35.5. The number of aromatic nitrogens is 1. The SMILES string of the molecule is CCn1c2ccc(C(=O)/C(CC3CCCCC3)=N/OC(=O)c3ccccc3)cc2c2cc(C(=O)/C(C)=N/OC(=O)c3ccccc3)cc([N+](=O)[O-])c21. The quantitative estimate of drug-likeness (QED) is 0.0412. The Morgan fingerprint density at radius 3 is 1.94 bits per heavy atom. The Bertz CT molecular complexity index is 2250. The van der Waals surface area contributed by atoms with E-state index in [0.29, 0.717) is 34.8 Å². The summed E-state index contributed by atoms with van der Waals surface area (Å²) < 4.78 is 1.76. The van der Waals surface area contributed by atoms with Crippen molar-refractivity contribution in [2.45, 2.75) is 58.9 Å². The first-order valence-electron chi connectivity index (χ1n) is 17.1. The van der Waals surface area contributed by atoms with Gasteiger partial charge in [-0.3, -0.25) is 19.7 Å². The largest absolute Gasteiger partial charge is 0.365 e. The summed E-state index contributed by atoms with van der Waals surface area (Å²) in [4.78, 5) is 75.0. The van der Waals surface area contributed by atoms with Gasteiger partial charge in [0.25, 0.3) is 5.69 Å². The van der Waals surface area contributed by atoms with Gasteiger partial charge in [-0.05, 0) is 74.7 Å². The van der Waals surface area contributed by atoms with Gasteiger partial charge < -0.3 is 14.2 Å². The Morgan fingerprint density at radius 2 is 1.35 bits per heavy atom. The van der Waals surface area contributed by atoms with Gasteiger partial charge in [0.1, 0.15) is 16.9 Å². The molecule has 1 aliphatic carbocycles. The lowest BCUT2D eigenvalue weighted by molar-refractivity contribution is -0.383.